The van der Waals surface area contributed by atoms with Crippen LogP contribution in [0.3, 0.4) is 0 Å². The van der Waals surface area contributed by atoms with Crippen molar-refractivity contribution in [2.75, 3.05) is 5.73 Å². The molecular weight excluding hydrogens is 358 g/mol. The van der Waals surface area contributed by atoms with Gasteiger partial charge in [0.25, 0.3) is 5.69 Å². The number of anilines is 1. The van der Waals surface area contributed by atoms with E-state index in [1.54, 1.807) is 4.68 Å². The minimum Gasteiger partial charge on any atom is -0.382 e. The first-order valence-electron chi connectivity index (χ1n) is 7.55. The molecule has 0 atom stereocenters. The second-order valence-electron chi connectivity index (χ2n) is 5.54. The highest BCUT2D eigenvalue weighted by molar-refractivity contribution is 6.33. The molecule has 0 aliphatic rings. The lowest BCUT2D eigenvalue weighted by molar-refractivity contribution is -0.671. The Hall–Kier alpha value is -3.33. The fourth-order valence-corrected chi connectivity index (χ4v) is 2.46. The van der Waals surface area contributed by atoms with Gasteiger partial charge in [0.2, 0.25) is 0 Å². The third-order valence-corrected chi connectivity index (χ3v) is 3.92. The normalized spacial score (nSPS) is 11.2. The van der Waals surface area contributed by atoms with Crippen LogP contribution in [0.1, 0.15) is 5.56 Å². The predicted molar refractivity (Wildman–Crippen MR) is 95.6 cm³/mol. The number of aromatic nitrogens is 3. The summed E-state index contributed by atoms with van der Waals surface area (Å²) < 4.78 is 3.53. The number of nitro groups is 1. The van der Waals surface area contributed by atoms with Crippen LogP contribution in [-0.2, 0) is 13.6 Å². The van der Waals surface area contributed by atoms with Gasteiger partial charge in [-0.15, -0.1) is 10.2 Å². The van der Waals surface area contributed by atoms with Gasteiger partial charge in [0.15, 0.2) is 12.4 Å². The molecule has 0 unspecified atom stereocenters. The molecule has 0 saturated heterocycles. The van der Waals surface area contributed by atoms with Gasteiger partial charge in [0.1, 0.15) is 24.2 Å². The number of halogens is 1. The van der Waals surface area contributed by atoms with E-state index in [2.05, 4.69) is 15.3 Å². The first kappa shape index (κ1) is 17.5. The zero-order valence-corrected chi connectivity index (χ0v) is 14.5. The molecule has 0 radical (unpaired) electrons. The summed E-state index contributed by atoms with van der Waals surface area (Å²) in [5.74, 6) is 0.335. The van der Waals surface area contributed by atoms with Gasteiger partial charge in [-0.3, -0.25) is 10.1 Å². The van der Waals surface area contributed by atoms with Crippen molar-refractivity contribution in [2.24, 2.45) is 17.3 Å². The number of non-ortho nitro benzene ring substituents is 1. The zero-order chi connectivity index (χ0) is 18.7. The summed E-state index contributed by atoms with van der Waals surface area (Å²) in [6.07, 6.45) is 5.37. The van der Waals surface area contributed by atoms with E-state index in [9.17, 15) is 10.1 Å². The molecule has 2 N–H and O–H groups in total. The van der Waals surface area contributed by atoms with E-state index < -0.39 is 4.92 Å². The van der Waals surface area contributed by atoms with Crippen molar-refractivity contribution >= 4 is 34.5 Å². The summed E-state index contributed by atoms with van der Waals surface area (Å²) in [6.45, 7) is 0.480. The third-order valence-electron chi connectivity index (χ3n) is 3.60. The highest BCUT2D eigenvalue weighted by Crippen LogP contribution is 2.31. The van der Waals surface area contributed by atoms with Crippen LogP contribution in [-0.4, -0.2) is 14.7 Å². The SMILES string of the molecule is C[n+]1cccc(Cn2ncc(N=Nc3cc([N+](=O)[O-])ccc3Cl)c2N)c1. The lowest BCUT2D eigenvalue weighted by Crippen LogP contribution is -2.27. The molecule has 3 rings (SSSR count). The van der Waals surface area contributed by atoms with Gasteiger partial charge in [-0.1, -0.05) is 11.6 Å². The van der Waals surface area contributed by atoms with Crippen LogP contribution in [0.4, 0.5) is 22.9 Å². The Bertz CT molecular complexity index is 1000. The van der Waals surface area contributed by atoms with Crippen LogP contribution in [0.5, 0.6) is 0 Å². The molecule has 0 aliphatic carbocycles. The summed E-state index contributed by atoms with van der Waals surface area (Å²) in [4.78, 5) is 10.3. The Labute approximate surface area is 153 Å². The van der Waals surface area contributed by atoms with Crippen LogP contribution in [0.25, 0.3) is 0 Å². The molecule has 10 heteroatoms. The maximum absolute atomic E-state index is 10.8. The molecule has 3 aromatic rings. The Kier molecular flexibility index (Phi) is 4.90. The number of rotatable bonds is 5. The van der Waals surface area contributed by atoms with Crippen molar-refractivity contribution in [1.82, 2.24) is 9.78 Å². The van der Waals surface area contributed by atoms with E-state index in [0.717, 1.165) is 5.56 Å². The lowest BCUT2D eigenvalue weighted by Gasteiger charge is -2.03. The van der Waals surface area contributed by atoms with Crippen molar-refractivity contribution in [1.29, 1.82) is 0 Å². The maximum Gasteiger partial charge on any atom is 0.271 e. The summed E-state index contributed by atoms with van der Waals surface area (Å²) in [5.41, 5.74) is 7.51. The van der Waals surface area contributed by atoms with Crippen LogP contribution < -0.4 is 10.3 Å². The van der Waals surface area contributed by atoms with Crippen LogP contribution >= 0.6 is 11.6 Å². The third kappa shape index (κ3) is 3.83. The minimum absolute atomic E-state index is 0.121. The number of nitrogen functional groups attached to an aromatic ring is 1. The maximum atomic E-state index is 10.8. The number of nitro benzene ring substituents is 1. The molecule has 0 fully saturated rings. The average molecular weight is 373 g/mol. The highest BCUT2D eigenvalue weighted by Gasteiger charge is 2.11. The molecular formula is C16H15ClN7O2+. The lowest BCUT2D eigenvalue weighted by atomic mass is 10.3. The monoisotopic (exact) mass is 372 g/mol. The Morgan fingerprint density at radius 3 is 2.85 bits per heavy atom. The fourth-order valence-electron chi connectivity index (χ4n) is 2.30. The Morgan fingerprint density at radius 1 is 1.35 bits per heavy atom. The van der Waals surface area contributed by atoms with Crippen molar-refractivity contribution in [3.8, 4) is 0 Å². The molecule has 0 bridgehead atoms. The quantitative estimate of drug-likeness (QED) is 0.320. The van der Waals surface area contributed by atoms with Gasteiger partial charge < -0.3 is 5.73 Å². The van der Waals surface area contributed by atoms with Gasteiger partial charge >= 0.3 is 0 Å². The second-order valence-corrected chi connectivity index (χ2v) is 5.95. The minimum atomic E-state index is -0.526. The van der Waals surface area contributed by atoms with E-state index in [1.807, 2.05) is 36.1 Å². The molecule has 132 valence electrons. The number of nitrogens with two attached hydrogens (primary N) is 1. The van der Waals surface area contributed by atoms with Crippen LogP contribution in [0.2, 0.25) is 5.02 Å². The molecule has 1 aromatic carbocycles. The Balaban J connectivity index is 1.83. The van der Waals surface area contributed by atoms with Crippen LogP contribution in [0.15, 0.2) is 59.2 Å². The summed E-state index contributed by atoms with van der Waals surface area (Å²) >= 11 is 6.00. The number of pyridine rings is 1. The van der Waals surface area contributed by atoms with Crippen molar-refractivity contribution < 1.29 is 9.49 Å². The summed E-state index contributed by atoms with van der Waals surface area (Å²) in [7, 11) is 1.93. The predicted octanol–water partition coefficient (Wildman–Crippen LogP) is 3.32. The fraction of sp³-hybridized carbons (Fsp3) is 0.125. The largest absolute Gasteiger partial charge is 0.382 e. The first-order chi connectivity index (χ1) is 12.4. The van der Waals surface area contributed by atoms with E-state index in [0.29, 0.717) is 18.1 Å². The Morgan fingerprint density at radius 2 is 2.12 bits per heavy atom. The van der Waals surface area contributed by atoms with E-state index >= 15 is 0 Å². The first-order valence-corrected chi connectivity index (χ1v) is 7.93. The van der Waals surface area contributed by atoms with Gasteiger partial charge in [-0.05, 0) is 12.1 Å². The number of benzene rings is 1. The van der Waals surface area contributed by atoms with Crippen molar-refractivity contribution in [2.45, 2.75) is 6.54 Å². The molecule has 0 saturated carbocycles. The number of nitrogens with zero attached hydrogens (tertiary/aromatic N) is 6. The topological polar surface area (TPSA) is 116 Å². The number of azo groups is 1. The van der Waals surface area contributed by atoms with E-state index in [1.165, 1.54) is 24.4 Å². The molecule has 9 nitrogen and oxygen atoms in total. The van der Waals surface area contributed by atoms with Gasteiger partial charge in [0, 0.05) is 23.8 Å². The van der Waals surface area contributed by atoms with E-state index in [-0.39, 0.29) is 16.4 Å². The van der Waals surface area contributed by atoms with E-state index in [4.69, 9.17) is 17.3 Å². The number of hydrogen-bond acceptors (Lipinski definition) is 6. The average Bonchev–Trinajstić information content (AvgIpc) is 2.94. The molecule has 2 aromatic heterocycles. The van der Waals surface area contributed by atoms with Crippen molar-refractivity contribution in [3.05, 3.63) is 69.6 Å². The summed E-state index contributed by atoms with van der Waals surface area (Å²) in [6, 6.07) is 7.84. The second kappa shape index (κ2) is 7.28. The number of hydrogen-bond donors (Lipinski definition) is 1. The highest BCUT2D eigenvalue weighted by atomic mass is 35.5. The molecule has 2 heterocycles. The molecule has 0 spiro atoms. The smallest absolute Gasteiger partial charge is 0.271 e. The van der Waals surface area contributed by atoms with Crippen LogP contribution in [0, 0.1) is 10.1 Å². The number of aryl methyl sites for hydroxylation is 1. The van der Waals surface area contributed by atoms with Gasteiger partial charge in [-0.25, -0.2) is 9.25 Å². The summed E-state index contributed by atoms with van der Waals surface area (Å²) in [5, 5.41) is 23.3. The molecule has 26 heavy (non-hydrogen) atoms. The van der Waals surface area contributed by atoms with Crippen molar-refractivity contribution in [3.63, 3.8) is 0 Å². The van der Waals surface area contributed by atoms with Gasteiger partial charge in [-0.2, -0.15) is 5.10 Å². The zero-order valence-electron chi connectivity index (χ0n) is 13.8. The molecule has 0 amide bonds. The van der Waals surface area contributed by atoms with Gasteiger partial charge in [0.05, 0.1) is 22.7 Å². The molecule has 0 aliphatic heterocycles. The standard InChI is InChI=1S/C16H15ClN7O2/c1-22-6-2-3-11(9-22)10-23-16(18)15(8-19-23)21-20-14-7-12(24(25)26)4-5-13(14)17/h2-9H,10,18H2,1H3/q+1.